The van der Waals surface area contributed by atoms with Crippen molar-refractivity contribution in [2.75, 3.05) is 32.8 Å². The lowest BCUT2D eigenvalue weighted by Gasteiger charge is -2.35. The normalized spacial score (nSPS) is 24.8. The molecule has 2 atom stereocenters. The molecule has 150 valence electrons. The summed E-state index contributed by atoms with van der Waals surface area (Å²) in [5.41, 5.74) is 6.26. The third-order valence-corrected chi connectivity index (χ3v) is 6.07. The van der Waals surface area contributed by atoms with Gasteiger partial charge in [-0.1, -0.05) is 6.07 Å². The Bertz CT molecular complexity index is 513. The summed E-state index contributed by atoms with van der Waals surface area (Å²) in [6, 6.07) is 4.87. The van der Waals surface area contributed by atoms with Crippen molar-refractivity contribution >= 4 is 42.1 Å². The fourth-order valence-corrected chi connectivity index (χ4v) is 4.44. The van der Waals surface area contributed by atoms with E-state index in [1.807, 2.05) is 0 Å². The Balaban J connectivity index is 0.00000169. The van der Waals surface area contributed by atoms with Crippen LogP contribution in [0.15, 0.2) is 17.5 Å². The Kier molecular flexibility index (Phi) is 11.1. The number of ether oxygens (including phenoxy) is 1. The second kappa shape index (κ2) is 12.2. The number of nitrogens with two attached hydrogens (primary N) is 1. The number of rotatable bonds is 5. The van der Waals surface area contributed by atoms with E-state index in [-0.39, 0.29) is 42.7 Å². The summed E-state index contributed by atoms with van der Waals surface area (Å²) in [4.78, 5) is 16.4. The van der Waals surface area contributed by atoms with Crippen LogP contribution in [-0.2, 0) is 16.0 Å². The molecule has 3 heterocycles. The molecule has 0 bridgehead atoms. The van der Waals surface area contributed by atoms with Crippen LogP contribution in [-0.4, -0.2) is 55.7 Å². The fourth-order valence-electron chi connectivity index (χ4n) is 3.73. The molecule has 2 fully saturated rings. The first-order valence-electron chi connectivity index (χ1n) is 9.10. The third kappa shape index (κ3) is 6.98. The van der Waals surface area contributed by atoms with E-state index >= 15 is 0 Å². The smallest absolute Gasteiger partial charge is 0.224 e. The van der Waals surface area contributed by atoms with Crippen LogP contribution < -0.4 is 11.1 Å². The summed E-state index contributed by atoms with van der Waals surface area (Å²) in [7, 11) is 0. The average Bonchev–Trinajstić information content (AvgIpc) is 3.03. The zero-order valence-electron chi connectivity index (χ0n) is 15.1. The van der Waals surface area contributed by atoms with Gasteiger partial charge in [0.25, 0.3) is 0 Å². The lowest BCUT2D eigenvalue weighted by Crippen LogP contribution is -2.47. The summed E-state index contributed by atoms with van der Waals surface area (Å²) in [6.45, 7) is 4.12. The summed E-state index contributed by atoms with van der Waals surface area (Å²) in [5, 5.41) is 5.21. The summed E-state index contributed by atoms with van der Waals surface area (Å²) < 4.78 is 5.48. The van der Waals surface area contributed by atoms with Crippen LogP contribution in [0.25, 0.3) is 0 Å². The Labute approximate surface area is 172 Å². The number of nitrogens with zero attached hydrogens (tertiary/aromatic N) is 1. The second-order valence-electron chi connectivity index (χ2n) is 6.95. The van der Waals surface area contributed by atoms with Gasteiger partial charge in [-0.05, 0) is 43.6 Å². The highest BCUT2D eigenvalue weighted by Gasteiger charge is 2.31. The van der Waals surface area contributed by atoms with E-state index in [0.717, 1.165) is 65.0 Å². The van der Waals surface area contributed by atoms with Gasteiger partial charge in [0.1, 0.15) is 0 Å². The third-order valence-electron chi connectivity index (χ3n) is 5.14. The van der Waals surface area contributed by atoms with Crippen molar-refractivity contribution in [2.45, 2.75) is 44.2 Å². The SMILES string of the molecule is Cl.Cl.N[C@H]1CC[C@@H](C(=O)NCCc2cccs2)CN(C2CCOCC2)C1. The van der Waals surface area contributed by atoms with Gasteiger partial charge in [0, 0.05) is 49.8 Å². The van der Waals surface area contributed by atoms with Crippen LogP contribution >= 0.6 is 36.2 Å². The number of likely N-dealkylation sites (tertiary alicyclic amines) is 1. The topological polar surface area (TPSA) is 67.6 Å². The molecule has 0 radical (unpaired) electrons. The van der Waals surface area contributed by atoms with E-state index in [1.54, 1.807) is 11.3 Å². The number of hydrogen-bond donors (Lipinski definition) is 2. The molecule has 0 spiro atoms. The summed E-state index contributed by atoms with van der Waals surface area (Å²) >= 11 is 1.75. The second-order valence-corrected chi connectivity index (χ2v) is 7.98. The molecule has 0 aliphatic carbocycles. The molecule has 0 unspecified atom stereocenters. The van der Waals surface area contributed by atoms with E-state index in [9.17, 15) is 4.79 Å². The quantitative estimate of drug-likeness (QED) is 0.762. The standard InChI is InChI=1S/C18H29N3O2S.2ClH/c19-15-4-3-14(12-21(13-15)16-6-9-23-10-7-16)18(22)20-8-5-17-2-1-11-24-17;;/h1-2,11,14-16H,3-10,12-13,19H2,(H,20,22);2*1H/t14-,15+;;/m1../s1. The largest absolute Gasteiger partial charge is 0.381 e. The molecular formula is C18H31Cl2N3O2S. The minimum atomic E-state index is 0. The summed E-state index contributed by atoms with van der Waals surface area (Å²) in [6.07, 6.45) is 4.85. The van der Waals surface area contributed by atoms with Crippen molar-refractivity contribution in [3.05, 3.63) is 22.4 Å². The van der Waals surface area contributed by atoms with Gasteiger partial charge in [-0.15, -0.1) is 36.2 Å². The molecule has 3 N–H and O–H groups in total. The van der Waals surface area contributed by atoms with Gasteiger partial charge in [0.05, 0.1) is 5.92 Å². The molecule has 0 saturated carbocycles. The first-order chi connectivity index (χ1) is 11.7. The zero-order valence-corrected chi connectivity index (χ0v) is 17.6. The number of nitrogens with one attached hydrogen (secondary N) is 1. The molecule has 1 aromatic rings. The molecule has 5 nitrogen and oxygen atoms in total. The highest BCUT2D eigenvalue weighted by Crippen LogP contribution is 2.22. The molecule has 2 aliphatic heterocycles. The number of carbonyl (C=O) groups excluding carboxylic acids is 1. The van der Waals surface area contributed by atoms with Crippen molar-refractivity contribution in [2.24, 2.45) is 11.7 Å². The van der Waals surface area contributed by atoms with Gasteiger partial charge in [-0.25, -0.2) is 0 Å². The molecule has 2 saturated heterocycles. The van der Waals surface area contributed by atoms with Crippen molar-refractivity contribution in [1.29, 1.82) is 0 Å². The first-order valence-corrected chi connectivity index (χ1v) is 9.98. The molecule has 1 aromatic heterocycles. The van der Waals surface area contributed by atoms with Crippen LogP contribution in [0.3, 0.4) is 0 Å². The predicted octanol–water partition coefficient (Wildman–Crippen LogP) is 2.47. The Morgan fingerprint density at radius 3 is 2.69 bits per heavy atom. The maximum atomic E-state index is 12.6. The highest BCUT2D eigenvalue weighted by molar-refractivity contribution is 7.09. The average molecular weight is 424 g/mol. The summed E-state index contributed by atoms with van der Waals surface area (Å²) in [5.74, 6) is 0.252. The van der Waals surface area contributed by atoms with Crippen LogP contribution in [0, 0.1) is 5.92 Å². The minimum Gasteiger partial charge on any atom is -0.381 e. The molecule has 26 heavy (non-hydrogen) atoms. The van der Waals surface area contributed by atoms with E-state index in [4.69, 9.17) is 10.5 Å². The van der Waals surface area contributed by atoms with Gasteiger partial charge in [-0.2, -0.15) is 0 Å². The first kappa shape index (κ1) is 23.7. The van der Waals surface area contributed by atoms with Gasteiger partial charge in [0.2, 0.25) is 5.91 Å². The van der Waals surface area contributed by atoms with Crippen molar-refractivity contribution in [1.82, 2.24) is 10.2 Å². The molecule has 8 heteroatoms. The van der Waals surface area contributed by atoms with Crippen molar-refractivity contribution in [3.8, 4) is 0 Å². The molecular weight excluding hydrogens is 393 g/mol. The molecule has 1 amide bonds. The molecule has 2 aliphatic rings. The predicted molar refractivity (Wildman–Crippen MR) is 112 cm³/mol. The van der Waals surface area contributed by atoms with E-state index in [0.29, 0.717) is 6.04 Å². The zero-order chi connectivity index (χ0) is 16.8. The number of hydrogen-bond acceptors (Lipinski definition) is 5. The Morgan fingerprint density at radius 1 is 1.23 bits per heavy atom. The van der Waals surface area contributed by atoms with Crippen LogP contribution in [0.2, 0.25) is 0 Å². The van der Waals surface area contributed by atoms with Gasteiger partial charge in [-0.3, -0.25) is 9.69 Å². The van der Waals surface area contributed by atoms with Gasteiger partial charge >= 0.3 is 0 Å². The number of halogens is 2. The van der Waals surface area contributed by atoms with E-state index in [2.05, 4.69) is 27.7 Å². The molecule has 3 rings (SSSR count). The Morgan fingerprint density at radius 2 is 2.00 bits per heavy atom. The van der Waals surface area contributed by atoms with Crippen molar-refractivity contribution in [3.63, 3.8) is 0 Å². The van der Waals surface area contributed by atoms with Crippen LogP contribution in [0.4, 0.5) is 0 Å². The number of thiophene rings is 1. The van der Waals surface area contributed by atoms with E-state index < -0.39 is 0 Å². The Hall–Kier alpha value is -0.370. The highest BCUT2D eigenvalue weighted by atomic mass is 35.5. The van der Waals surface area contributed by atoms with Crippen LogP contribution in [0.5, 0.6) is 0 Å². The maximum Gasteiger partial charge on any atom is 0.224 e. The van der Waals surface area contributed by atoms with E-state index in [1.165, 1.54) is 4.88 Å². The van der Waals surface area contributed by atoms with Gasteiger partial charge < -0.3 is 15.8 Å². The maximum absolute atomic E-state index is 12.6. The lowest BCUT2D eigenvalue weighted by atomic mass is 10.0. The lowest BCUT2D eigenvalue weighted by molar-refractivity contribution is -0.125. The molecule has 0 aromatic carbocycles. The number of carbonyl (C=O) groups is 1. The fraction of sp³-hybridized carbons (Fsp3) is 0.722. The minimum absolute atomic E-state index is 0. The monoisotopic (exact) mass is 423 g/mol. The van der Waals surface area contributed by atoms with Crippen LogP contribution in [0.1, 0.15) is 30.6 Å². The van der Waals surface area contributed by atoms with Crippen molar-refractivity contribution < 1.29 is 9.53 Å². The number of amides is 1. The van der Waals surface area contributed by atoms with Gasteiger partial charge in [0.15, 0.2) is 0 Å².